The van der Waals surface area contributed by atoms with Gasteiger partial charge in [0.05, 0.1) is 35.8 Å². The van der Waals surface area contributed by atoms with Gasteiger partial charge in [-0.25, -0.2) is 8.42 Å². The normalized spacial score (nSPS) is 12.4. The summed E-state index contributed by atoms with van der Waals surface area (Å²) >= 11 is 0. The Hall–Kier alpha value is -4.10. The second-order valence-corrected chi connectivity index (χ2v) is 12.6. The standard InChI is InChI=1S/C33H36N2O4S/c1-24(26-15-17-27(18-16-26)33(2,3)4)34-32(36)30-13-9-10-14-31(30)35(23-25-11-7-6-8-12-25)40(37,38)29-21-19-28(39-5)20-22-29/h6-22,24H,23H2,1-5H3,(H,34,36)/t24-/m1/s1. The number of rotatable bonds is 9. The lowest BCUT2D eigenvalue weighted by Crippen LogP contribution is -2.34. The summed E-state index contributed by atoms with van der Waals surface area (Å²) in [5.74, 6) is 0.198. The Kier molecular flexibility index (Phi) is 8.64. The summed E-state index contributed by atoms with van der Waals surface area (Å²) in [6, 6.07) is 30.3. The minimum absolute atomic E-state index is 0.0293. The molecule has 1 atom stereocenters. The highest BCUT2D eigenvalue weighted by Gasteiger charge is 2.29. The van der Waals surface area contributed by atoms with Gasteiger partial charge in [-0.15, -0.1) is 0 Å². The van der Waals surface area contributed by atoms with Crippen molar-refractivity contribution in [3.05, 3.63) is 125 Å². The molecule has 0 saturated heterocycles. The molecular weight excluding hydrogens is 520 g/mol. The molecule has 0 radical (unpaired) electrons. The molecular formula is C33H36N2O4S. The van der Waals surface area contributed by atoms with Crippen molar-refractivity contribution in [2.45, 2.75) is 50.6 Å². The Morgan fingerprint density at radius 2 is 1.45 bits per heavy atom. The van der Waals surface area contributed by atoms with E-state index >= 15 is 0 Å². The summed E-state index contributed by atoms with van der Waals surface area (Å²) in [6.45, 7) is 8.45. The Bertz CT molecular complexity index is 1540. The smallest absolute Gasteiger partial charge is 0.264 e. The first kappa shape index (κ1) is 28.9. The van der Waals surface area contributed by atoms with Gasteiger partial charge >= 0.3 is 0 Å². The van der Waals surface area contributed by atoms with Crippen LogP contribution >= 0.6 is 0 Å². The maximum Gasteiger partial charge on any atom is 0.264 e. The highest BCUT2D eigenvalue weighted by atomic mass is 32.2. The van der Waals surface area contributed by atoms with E-state index in [1.807, 2.05) is 49.4 Å². The Balaban J connectivity index is 1.69. The quantitative estimate of drug-likeness (QED) is 0.244. The number of carbonyl (C=O) groups excluding carboxylic acids is 1. The predicted molar refractivity (Wildman–Crippen MR) is 160 cm³/mol. The van der Waals surface area contributed by atoms with E-state index in [0.29, 0.717) is 11.4 Å². The molecule has 0 saturated carbocycles. The molecule has 0 fully saturated rings. The van der Waals surface area contributed by atoms with E-state index in [1.54, 1.807) is 36.4 Å². The van der Waals surface area contributed by atoms with Crippen molar-refractivity contribution in [2.24, 2.45) is 0 Å². The highest BCUT2D eigenvalue weighted by molar-refractivity contribution is 7.92. The predicted octanol–water partition coefficient (Wildman–Crippen LogP) is 6.88. The minimum Gasteiger partial charge on any atom is -0.497 e. The Morgan fingerprint density at radius 1 is 0.850 bits per heavy atom. The van der Waals surface area contributed by atoms with Crippen LogP contribution in [0, 0.1) is 0 Å². The van der Waals surface area contributed by atoms with Crippen LogP contribution in [0.3, 0.4) is 0 Å². The molecule has 6 nitrogen and oxygen atoms in total. The molecule has 0 heterocycles. The van der Waals surface area contributed by atoms with E-state index in [1.165, 1.54) is 29.1 Å². The van der Waals surface area contributed by atoms with Gasteiger partial charge in [-0.1, -0.05) is 87.5 Å². The fourth-order valence-corrected chi connectivity index (χ4v) is 5.91. The van der Waals surface area contributed by atoms with Crippen LogP contribution in [0.5, 0.6) is 5.75 Å². The molecule has 1 N–H and O–H groups in total. The van der Waals surface area contributed by atoms with Crippen LogP contribution < -0.4 is 14.4 Å². The van der Waals surface area contributed by atoms with Crippen LogP contribution in [0.1, 0.15) is 60.8 Å². The van der Waals surface area contributed by atoms with Gasteiger partial charge < -0.3 is 10.1 Å². The van der Waals surface area contributed by atoms with E-state index in [9.17, 15) is 13.2 Å². The third-order valence-corrected chi connectivity index (χ3v) is 8.63. The van der Waals surface area contributed by atoms with Crippen molar-refractivity contribution in [3.8, 4) is 5.75 Å². The van der Waals surface area contributed by atoms with Crippen molar-refractivity contribution in [1.29, 1.82) is 0 Å². The molecule has 4 rings (SSSR count). The van der Waals surface area contributed by atoms with Gasteiger partial charge in [0.25, 0.3) is 15.9 Å². The molecule has 4 aromatic carbocycles. The first-order chi connectivity index (χ1) is 19.0. The van der Waals surface area contributed by atoms with Gasteiger partial charge in [-0.2, -0.15) is 0 Å². The van der Waals surface area contributed by atoms with E-state index in [2.05, 4.69) is 38.2 Å². The average Bonchev–Trinajstić information content (AvgIpc) is 2.96. The van der Waals surface area contributed by atoms with Crippen molar-refractivity contribution in [1.82, 2.24) is 5.32 Å². The van der Waals surface area contributed by atoms with Crippen LogP contribution in [-0.4, -0.2) is 21.4 Å². The summed E-state index contributed by atoms with van der Waals surface area (Å²) in [7, 11) is -2.51. The number of para-hydroxylation sites is 1. The fraction of sp³-hybridized carbons (Fsp3) is 0.242. The number of amides is 1. The van der Waals surface area contributed by atoms with E-state index < -0.39 is 10.0 Å². The summed E-state index contributed by atoms with van der Waals surface area (Å²) in [5.41, 5.74) is 3.57. The molecule has 0 spiro atoms. The summed E-state index contributed by atoms with van der Waals surface area (Å²) < 4.78 is 34.5. The molecule has 0 aliphatic heterocycles. The van der Waals surface area contributed by atoms with Gasteiger partial charge in [0.15, 0.2) is 0 Å². The van der Waals surface area contributed by atoms with Crippen LogP contribution in [0.15, 0.2) is 108 Å². The number of ether oxygens (including phenoxy) is 1. The van der Waals surface area contributed by atoms with Gasteiger partial charge in [-0.3, -0.25) is 9.10 Å². The highest BCUT2D eigenvalue weighted by Crippen LogP contribution is 2.31. The number of hydrogen-bond donors (Lipinski definition) is 1. The number of nitrogens with one attached hydrogen (secondary N) is 1. The third-order valence-electron chi connectivity index (χ3n) is 6.86. The van der Waals surface area contributed by atoms with Crippen LogP contribution in [0.2, 0.25) is 0 Å². The van der Waals surface area contributed by atoms with Gasteiger partial charge in [0.2, 0.25) is 0 Å². The fourth-order valence-electron chi connectivity index (χ4n) is 4.44. The number of benzene rings is 4. The van der Waals surface area contributed by atoms with E-state index in [0.717, 1.165) is 11.1 Å². The number of nitrogens with zero attached hydrogens (tertiary/aromatic N) is 1. The average molecular weight is 557 g/mol. The van der Waals surface area contributed by atoms with Gasteiger partial charge in [0, 0.05) is 0 Å². The van der Waals surface area contributed by atoms with Crippen molar-refractivity contribution in [2.75, 3.05) is 11.4 Å². The Labute approximate surface area is 237 Å². The zero-order valence-corrected chi connectivity index (χ0v) is 24.4. The van der Waals surface area contributed by atoms with Crippen molar-refractivity contribution < 1.29 is 17.9 Å². The molecule has 0 unspecified atom stereocenters. The van der Waals surface area contributed by atoms with Crippen LogP contribution in [-0.2, 0) is 22.0 Å². The number of methoxy groups -OCH3 is 1. The number of anilines is 1. The number of carbonyl (C=O) groups is 1. The van der Waals surface area contributed by atoms with Gasteiger partial charge in [0.1, 0.15) is 5.75 Å². The lowest BCUT2D eigenvalue weighted by Gasteiger charge is -2.27. The minimum atomic E-state index is -4.03. The molecule has 1 amide bonds. The molecule has 0 bridgehead atoms. The summed E-state index contributed by atoms with van der Waals surface area (Å²) in [4.78, 5) is 13.7. The maximum absolute atomic E-state index is 14.0. The van der Waals surface area contributed by atoms with Crippen molar-refractivity contribution in [3.63, 3.8) is 0 Å². The molecule has 4 aromatic rings. The molecule has 0 aliphatic rings. The monoisotopic (exact) mass is 556 g/mol. The topological polar surface area (TPSA) is 75.7 Å². The van der Waals surface area contributed by atoms with Gasteiger partial charge in [-0.05, 0) is 65.4 Å². The molecule has 0 aromatic heterocycles. The lowest BCUT2D eigenvalue weighted by molar-refractivity contribution is 0.0940. The lowest BCUT2D eigenvalue weighted by atomic mass is 9.86. The van der Waals surface area contributed by atoms with E-state index in [4.69, 9.17) is 4.74 Å². The zero-order chi connectivity index (χ0) is 28.9. The Morgan fingerprint density at radius 3 is 2.05 bits per heavy atom. The molecule has 7 heteroatoms. The SMILES string of the molecule is COc1ccc(S(=O)(=O)N(Cc2ccccc2)c2ccccc2C(=O)N[C@H](C)c2ccc(C(C)(C)C)cc2)cc1. The largest absolute Gasteiger partial charge is 0.497 e. The summed E-state index contributed by atoms with van der Waals surface area (Å²) in [6.07, 6.45) is 0. The second kappa shape index (κ2) is 12.0. The number of sulfonamides is 1. The van der Waals surface area contributed by atoms with Crippen LogP contribution in [0.25, 0.3) is 0 Å². The second-order valence-electron chi connectivity index (χ2n) is 10.8. The van der Waals surface area contributed by atoms with E-state index in [-0.39, 0.29) is 34.4 Å². The molecule has 0 aliphatic carbocycles. The molecule has 208 valence electrons. The third kappa shape index (κ3) is 6.54. The first-order valence-corrected chi connectivity index (χ1v) is 14.7. The van der Waals surface area contributed by atoms with Crippen molar-refractivity contribution >= 4 is 21.6 Å². The maximum atomic E-state index is 14.0. The molecule has 40 heavy (non-hydrogen) atoms. The van der Waals surface area contributed by atoms with Crippen LogP contribution in [0.4, 0.5) is 5.69 Å². The first-order valence-electron chi connectivity index (χ1n) is 13.2. The number of hydrogen-bond acceptors (Lipinski definition) is 4. The summed E-state index contributed by atoms with van der Waals surface area (Å²) in [5, 5.41) is 3.06. The zero-order valence-electron chi connectivity index (χ0n) is 23.6.